The van der Waals surface area contributed by atoms with Crippen LogP contribution in [-0.4, -0.2) is 16.1 Å². The fourth-order valence-corrected chi connectivity index (χ4v) is 3.13. The lowest BCUT2D eigenvalue weighted by Gasteiger charge is -2.10. The molecule has 0 aliphatic heterocycles. The molecule has 0 atom stereocenters. The van der Waals surface area contributed by atoms with Gasteiger partial charge < -0.3 is 0 Å². The fraction of sp³-hybridized carbons (Fsp3) is 0.316. The van der Waals surface area contributed by atoms with Crippen molar-refractivity contribution in [2.45, 2.75) is 33.6 Å². The SMILES string of the molecule is CCc1nc2c(C)cc(C)cc2n1-c1ccc(CCN=[N+]=[N-])cc1. The quantitative estimate of drug-likeness (QED) is 0.368. The molecule has 3 aromatic rings. The van der Waals surface area contributed by atoms with Crippen molar-refractivity contribution >= 4 is 11.0 Å². The van der Waals surface area contributed by atoms with Gasteiger partial charge in [-0.1, -0.05) is 30.2 Å². The summed E-state index contributed by atoms with van der Waals surface area (Å²) in [5, 5.41) is 3.59. The molecule has 0 amide bonds. The topological polar surface area (TPSA) is 66.6 Å². The number of azide groups is 1. The van der Waals surface area contributed by atoms with Crippen LogP contribution < -0.4 is 0 Å². The number of rotatable bonds is 5. The Kier molecular flexibility index (Phi) is 4.54. The molecule has 24 heavy (non-hydrogen) atoms. The number of hydrogen-bond donors (Lipinski definition) is 0. The Labute approximate surface area is 141 Å². The Morgan fingerprint density at radius 1 is 1.17 bits per heavy atom. The van der Waals surface area contributed by atoms with Crippen molar-refractivity contribution in [1.29, 1.82) is 0 Å². The Hall–Kier alpha value is -2.78. The zero-order chi connectivity index (χ0) is 17.1. The minimum atomic E-state index is 0.489. The van der Waals surface area contributed by atoms with Crippen LogP contribution >= 0.6 is 0 Å². The van der Waals surface area contributed by atoms with Crippen LogP contribution in [0.2, 0.25) is 0 Å². The van der Waals surface area contributed by atoms with Gasteiger partial charge in [0.05, 0.1) is 11.0 Å². The smallest absolute Gasteiger partial charge is 0.114 e. The van der Waals surface area contributed by atoms with E-state index >= 15 is 0 Å². The largest absolute Gasteiger partial charge is 0.296 e. The molecule has 5 heteroatoms. The number of fused-ring (bicyclic) bond motifs is 1. The summed E-state index contributed by atoms with van der Waals surface area (Å²) in [6, 6.07) is 12.8. The lowest BCUT2D eigenvalue weighted by atomic mass is 10.1. The molecule has 1 heterocycles. The van der Waals surface area contributed by atoms with E-state index in [1.165, 1.54) is 16.7 Å². The maximum absolute atomic E-state index is 8.36. The first kappa shape index (κ1) is 16.1. The molecule has 122 valence electrons. The number of imidazole rings is 1. The van der Waals surface area contributed by atoms with Gasteiger partial charge in [-0.05, 0) is 60.7 Å². The van der Waals surface area contributed by atoms with Crippen LogP contribution in [0, 0.1) is 13.8 Å². The second-order valence-electron chi connectivity index (χ2n) is 6.04. The van der Waals surface area contributed by atoms with Crippen LogP contribution in [0.3, 0.4) is 0 Å². The highest BCUT2D eigenvalue weighted by atomic mass is 15.1. The molecule has 0 radical (unpaired) electrons. The summed E-state index contributed by atoms with van der Waals surface area (Å²) in [5.74, 6) is 1.07. The first-order valence-electron chi connectivity index (χ1n) is 8.22. The van der Waals surface area contributed by atoms with Gasteiger partial charge in [0.15, 0.2) is 0 Å². The maximum atomic E-state index is 8.36. The monoisotopic (exact) mass is 319 g/mol. The first-order chi connectivity index (χ1) is 11.6. The van der Waals surface area contributed by atoms with E-state index in [1.54, 1.807) is 0 Å². The summed E-state index contributed by atoms with van der Waals surface area (Å²) in [7, 11) is 0. The van der Waals surface area contributed by atoms with Crippen molar-refractivity contribution in [1.82, 2.24) is 9.55 Å². The molecule has 0 spiro atoms. The van der Waals surface area contributed by atoms with E-state index in [0.29, 0.717) is 6.54 Å². The van der Waals surface area contributed by atoms with E-state index in [1.807, 2.05) is 0 Å². The molecule has 0 bridgehead atoms. The van der Waals surface area contributed by atoms with Crippen LogP contribution in [0.5, 0.6) is 0 Å². The predicted molar refractivity (Wildman–Crippen MR) is 97.6 cm³/mol. The van der Waals surface area contributed by atoms with Crippen molar-refractivity contribution in [2.24, 2.45) is 5.11 Å². The summed E-state index contributed by atoms with van der Waals surface area (Å²) < 4.78 is 2.24. The van der Waals surface area contributed by atoms with Crippen molar-refractivity contribution < 1.29 is 0 Å². The van der Waals surface area contributed by atoms with E-state index in [0.717, 1.165) is 35.4 Å². The van der Waals surface area contributed by atoms with Crippen LogP contribution in [0.4, 0.5) is 0 Å². The molecule has 0 fully saturated rings. The van der Waals surface area contributed by atoms with Crippen molar-refractivity contribution in [2.75, 3.05) is 6.54 Å². The number of aromatic nitrogens is 2. The van der Waals surface area contributed by atoms with Gasteiger partial charge in [-0.15, -0.1) is 0 Å². The Balaban J connectivity index is 2.06. The number of hydrogen-bond acceptors (Lipinski definition) is 2. The van der Waals surface area contributed by atoms with Crippen molar-refractivity contribution in [3.8, 4) is 5.69 Å². The summed E-state index contributed by atoms with van der Waals surface area (Å²) in [5.41, 5.74) is 15.3. The molecule has 3 rings (SSSR count). The Morgan fingerprint density at radius 2 is 1.92 bits per heavy atom. The molecule has 0 unspecified atom stereocenters. The average molecular weight is 319 g/mol. The third-order valence-electron chi connectivity index (χ3n) is 4.24. The fourth-order valence-electron chi connectivity index (χ4n) is 3.13. The van der Waals surface area contributed by atoms with Gasteiger partial charge in [0.1, 0.15) is 5.82 Å². The summed E-state index contributed by atoms with van der Waals surface area (Å²) >= 11 is 0. The second-order valence-corrected chi connectivity index (χ2v) is 6.04. The summed E-state index contributed by atoms with van der Waals surface area (Å²) in [4.78, 5) is 7.63. The van der Waals surface area contributed by atoms with E-state index < -0.39 is 0 Å². The minimum absolute atomic E-state index is 0.489. The molecule has 0 aliphatic carbocycles. The first-order valence-corrected chi connectivity index (χ1v) is 8.22. The highest BCUT2D eigenvalue weighted by Gasteiger charge is 2.13. The van der Waals surface area contributed by atoms with Crippen LogP contribution in [0.15, 0.2) is 41.5 Å². The predicted octanol–water partition coefficient (Wildman–Crippen LogP) is 5.06. The number of benzene rings is 2. The van der Waals surface area contributed by atoms with Gasteiger partial charge in [0, 0.05) is 23.6 Å². The summed E-state index contributed by atoms with van der Waals surface area (Å²) in [6.45, 7) is 6.86. The highest BCUT2D eigenvalue weighted by molar-refractivity contribution is 5.82. The Morgan fingerprint density at radius 3 is 2.58 bits per heavy atom. The molecule has 5 nitrogen and oxygen atoms in total. The highest BCUT2D eigenvalue weighted by Crippen LogP contribution is 2.26. The average Bonchev–Trinajstić information content (AvgIpc) is 2.94. The van der Waals surface area contributed by atoms with Gasteiger partial charge >= 0.3 is 0 Å². The van der Waals surface area contributed by atoms with Gasteiger partial charge in [-0.2, -0.15) is 0 Å². The molecular weight excluding hydrogens is 298 g/mol. The third-order valence-corrected chi connectivity index (χ3v) is 4.24. The van der Waals surface area contributed by atoms with Gasteiger partial charge in [0.2, 0.25) is 0 Å². The van der Waals surface area contributed by atoms with Crippen LogP contribution in [0.1, 0.15) is 29.4 Å². The zero-order valence-corrected chi connectivity index (χ0v) is 14.3. The molecular formula is C19H21N5. The lowest BCUT2D eigenvalue weighted by molar-refractivity contribution is 0.904. The van der Waals surface area contributed by atoms with E-state index in [4.69, 9.17) is 10.5 Å². The molecule has 0 saturated heterocycles. The van der Waals surface area contributed by atoms with Gasteiger partial charge in [0.25, 0.3) is 0 Å². The van der Waals surface area contributed by atoms with Crippen molar-refractivity contribution in [3.05, 3.63) is 69.4 Å². The lowest BCUT2D eigenvalue weighted by Crippen LogP contribution is -2.00. The van der Waals surface area contributed by atoms with E-state index in [-0.39, 0.29) is 0 Å². The third kappa shape index (κ3) is 2.99. The second kappa shape index (κ2) is 6.77. The normalized spacial score (nSPS) is 10.8. The molecule has 0 saturated carbocycles. The number of nitrogens with zero attached hydrogens (tertiary/aromatic N) is 5. The van der Waals surface area contributed by atoms with E-state index in [9.17, 15) is 0 Å². The van der Waals surface area contributed by atoms with Crippen LogP contribution in [-0.2, 0) is 12.8 Å². The summed E-state index contributed by atoms with van der Waals surface area (Å²) in [6.07, 6.45) is 1.64. The van der Waals surface area contributed by atoms with Gasteiger partial charge in [-0.3, -0.25) is 4.57 Å². The standard InChI is InChI=1S/C19H21N5/c1-4-18-22-19-14(3)11-13(2)12-17(19)24(18)16-7-5-15(6-8-16)9-10-21-23-20/h5-8,11-12H,4,9-10H2,1-3H3. The zero-order valence-electron chi connectivity index (χ0n) is 14.3. The molecule has 2 aromatic carbocycles. The Bertz CT molecular complexity index is 915. The molecule has 1 aromatic heterocycles. The minimum Gasteiger partial charge on any atom is -0.296 e. The van der Waals surface area contributed by atoms with Gasteiger partial charge in [-0.25, -0.2) is 4.98 Å². The maximum Gasteiger partial charge on any atom is 0.114 e. The van der Waals surface area contributed by atoms with E-state index in [2.05, 4.69) is 71.8 Å². The van der Waals surface area contributed by atoms with Crippen LogP contribution in [0.25, 0.3) is 27.2 Å². The molecule has 0 aliphatic rings. The number of aryl methyl sites for hydroxylation is 3. The van der Waals surface area contributed by atoms with Crippen molar-refractivity contribution in [3.63, 3.8) is 0 Å². The molecule has 0 N–H and O–H groups in total.